The fourth-order valence-electron chi connectivity index (χ4n) is 2.92. The van der Waals surface area contributed by atoms with Crippen molar-refractivity contribution in [2.75, 3.05) is 0 Å². The number of aliphatic hydroxyl groups excluding tert-OH is 2. The zero-order valence-electron chi connectivity index (χ0n) is 13.1. The second-order valence-electron chi connectivity index (χ2n) is 6.37. The molecule has 2 atom stereocenters. The van der Waals surface area contributed by atoms with Gasteiger partial charge in [0, 0.05) is 11.1 Å². The summed E-state index contributed by atoms with van der Waals surface area (Å²) >= 11 is 0. The predicted octanol–water partition coefficient (Wildman–Crippen LogP) is 2.48. The van der Waals surface area contributed by atoms with Crippen LogP contribution in [0, 0.1) is 0 Å². The minimum Gasteiger partial charge on any atom is -0.484 e. The number of hydrogen-bond donors (Lipinski definition) is 3. The van der Waals surface area contributed by atoms with Gasteiger partial charge in [0.25, 0.3) is 0 Å². The Morgan fingerprint density at radius 1 is 1.24 bits per heavy atom. The highest BCUT2D eigenvalue weighted by atomic mass is 16.5. The first-order valence-corrected chi connectivity index (χ1v) is 7.72. The Labute approximate surface area is 126 Å². The molecule has 118 valence electrons. The molecule has 21 heavy (non-hydrogen) atoms. The lowest BCUT2D eigenvalue weighted by molar-refractivity contribution is -0.0766. The molecule has 0 radical (unpaired) electrons. The van der Waals surface area contributed by atoms with Gasteiger partial charge in [-0.3, -0.25) is 0 Å². The average Bonchev–Trinajstić information content (AvgIpc) is 2.76. The maximum Gasteiger partial charge on any atom is 0.157 e. The van der Waals surface area contributed by atoms with E-state index in [1.165, 1.54) is 0 Å². The van der Waals surface area contributed by atoms with Gasteiger partial charge in [0.1, 0.15) is 11.9 Å². The fraction of sp³-hybridized carbons (Fsp3) is 0.647. The highest BCUT2D eigenvalue weighted by Gasteiger charge is 2.43. The van der Waals surface area contributed by atoms with Crippen molar-refractivity contribution >= 4 is 0 Å². The largest absolute Gasteiger partial charge is 0.484 e. The number of benzene rings is 1. The molecule has 1 aliphatic rings. The number of ether oxygens (including phenoxy) is 1. The summed E-state index contributed by atoms with van der Waals surface area (Å²) < 4.78 is 5.79. The molecule has 3 N–H and O–H groups in total. The zero-order chi connectivity index (χ0) is 15.6. The third kappa shape index (κ3) is 3.23. The molecule has 2 unspecified atom stereocenters. The standard InChI is InChI=1S/C17H26O4/c1-4-5-6-7-11-8-9-12-14(19)16(17(2,3)20)21-15(12)13(11)10-18/h8-9,14,16,18-20H,4-7,10H2,1-3H3. The number of rotatable bonds is 6. The van der Waals surface area contributed by atoms with Crippen molar-refractivity contribution in [1.29, 1.82) is 0 Å². The van der Waals surface area contributed by atoms with Crippen LogP contribution in [-0.4, -0.2) is 27.0 Å². The van der Waals surface area contributed by atoms with Crippen LogP contribution in [0.25, 0.3) is 0 Å². The van der Waals surface area contributed by atoms with Crippen molar-refractivity contribution in [2.45, 2.75) is 70.9 Å². The molecule has 4 nitrogen and oxygen atoms in total. The summed E-state index contributed by atoms with van der Waals surface area (Å²) in [7, 11) is 0. The monoisotopic (exact) mass is 294 g/mol. The third-order valence-corrected chi connectivity index (χ3v) is 4.14. The van der Waals surface area contributed by atoms with Crippen molar-refractivity contribution in [1.82, 2.24) is 0 Å². The van der Waals surface area contributed by atoms with Gasteiger partial charge >= 0.3 is 0 Å². The van der Waals surface area contributed by atoms with E-state index in [1.54, 1.807) is 13.8 Å². The molecule has 0 saturated carbocycles. The van der Waals surface area contributed by atoms with Crippen LogP contribution in [0.4, 0.5) is 0 Å². The van der Waals surface area contributed by atoms with Crippen LogP contribution < -0.4 is 4.74 Å². The summed E-state index contributed by atoms with van der Waals surface area (Å²) in [6, 6.07) is 3.81. The smallest absolute Gasteiger partial charge is 0.157 e. The summed E-state index contributed by atoms with van der Waals surface area (Å²) in [4.78, 5) is 0. The number of unbranched alkanes of at least 4 members (excludes halogenated alkanes) is 2. The van der Waals surface area contributed by atoms with Crippen molar-refractivity contribution in [2.24, 2.45) is 0 Å². The lowest BCUT2D eigenvalue weighted by Gasteiger charge is -2.27. The lowest BCUT2D eigenvalue weighted by Crippen LogP contribution is -2.41. The molecule has 1 aliphatic heterocycles. The summed E-state index contributed by atoms with van der Waals surface area (Å²) in [5, 5.41) is 30.1. The van der Waals surface area contributed by atoms with Gasteiger partial charge in [-0.15, -0.1) is 0 Å². The molecule has 0 fully saturated rings. The molecule has 1 aromatic rings. The summed E-state index contributed by atoms with van der Waals surface area (Å²) in [6.45, 7) is 5.28. The van der Waals surface area contributed by atoms with Crippen LogP contribution in [0.2, 0.25) is 0 Å². The van der Waals surface area contributed by atoms with Gasteiger partial charge in [-0.05, 0) is 32.3 Å². The van der Waals surface area contributed by atoms with Crippen LogP contribution >= 0.6 is 0 Å². The number of aryl methyl sites for hydroxylation is 1. The SMILES string of the molecule is CCCCCc1ccc2c(c1CO)OC(C(C)(C)O)C2O. The first-order valence-electron chi connectivity index (χ1n) is 7.72. The molecule has 0 aromatic heterocycles. The topological polar surface area (TPSA) is 69.9 Å². The first-order chi connectivity index (χ1) is 9.90. The highest BCUT2D eigenvalue weighted by molar-refractivity contribution is 5.50. The minimum atomic E-state index is -1.15. The summed E-state index contributed by atoms with van der Waals surface area (Å²) in [6.07, 6.45) is 2.69. The van der Waals surface area contributed by atoms with Crippen LogP contribution in [0.1, 0.15) is 62.8 Å². The van der Waals surface area contributed by atoms with E-state index >= 15 is 0 Å². The van der Waals surface area contributed by atoms with Crippen molar-refractivity contribution in [3.63, 3.8) is 0 Å². The van der Waals surface area contributed by atoms with Crippen molar-refractivity contribution in [3.05, 3.63) is 28.8 Å². The Kier molecular flexibility index (Phi) is 4.91. The van der Waals surface area contributed by atoms with Gasteiger partial charge < -0.3 is 20.1 Å². The normalized spacial score (nSPS) is 21.2. The van der Waals surface area contributed by atoms with Crippen LogP contribution in [0.5, 0.6) is 5.75 Å². The van der Waals surface area contributed by atoms with Crippen molar-refractivity contribution < 1.29 is 20.1 Å². The van der Waals surface area contributed by atoms with Crippen LogP contribution in [0.15, 0.2) is 12.1 Å². The van der Waals surface area contributed by atoms with Crippen LogP contribution in [-0.2, 0) is 13.0 Å². The first kappa shape index (κ1) is 16.3. The van der Waals surface area contributed by atoms with E-state index < -0.39 is 17.8 Å². The molecular weight excluding hydrogens is 268 g/mol. The molecule has 0 spiro atoms. The minimum absolute atomic E-state index is 0.115. The second-order valence-corrected chi connectivity index (χ2v) is 6.37. The highest BCUT2D eigenvalue weighted by Crippen LogP contribution is 2.44. The van der Waals surface area contributed by atoms with E-state index in [1.807, 2.05) is 12.1 Å². The lowest BCUT2D eigenvalue weighted by atomic mass is 9.92. The molecule has 0 bridgehead atoms. The van der Waals surface area contributed by atoms with E-state index in [0.717, 1.165) is 36.8 Å². The number of hydrogen-bond acceptors (Lipinski definition) is 4. The predicted molar refractivity (Wildman–Crippen MR) is 81.3 cm³/mol. The number of aliphatic hydroxyl groups is 3. The van der Waals surface area contributed by atoms with Gasteiger partial charge in [-0.25, -0.2) is 0 Å². The van der Waals surface area contributed by atoms with Gasteiger partial charge in [-0.1, -0.05) is 31.9 Å². The molecule has 0 aliphatic carbocycles. The summed E-state index contributed by atoms with van der Waals surface area (Å²) in [5.74, 6) is 0.547. The second kappa shape index (κ2) is 6.34. The van der Waals surface area contributed by atoms with E-state index in [9.17, 15) is 15.3 Å². The Bertz CT molecular complexity index is 490. The molecule has 0 saturated heterocycles. The number of fused-ring (bicyclic) bond motifs is 1. The van der Waals surface area contributed by atoms with E-state index in [2.05, 4.69) is 6.92 Å². The third-order valence-electron chi connectivity index (χ3n) is 4.14. The Hall–Kier alpha value is -1.10. The molecule has 1 aromatic carbocycles. The quantitative estimate of drug-likeness (QED) is 0.705. The maximum atomic E-state index is 10.3. The Morgan fingerprint density at radius 2 is 1.95 bits per heavy atom. The van der Waals surface area contributed by atoms with E-state index in [0.29, 0.717) is 11.3 Å². The van der Waals surface area contributed by atoms with Gasteiger partial charge in [0.15, 0.2) is 6.10 Å². The van der Waals surface area contributed by atoms with Crippen molar-refractivity contribution in [3.8, 4) is 5.75 Å². The molecule has 4 heteroatoms. The Balaban J connectivity index is 2.30. The molecule has 2 rings (SSSR count). The zero-order valence-corrected chi connectivity index (χ0v) is 13.1. The van der Waals surface area contributed by atoms with Crippen LogP contribution in [0.3, 0.4) is 0 Å². The molecule has 0 amide bonds. The fourth-order valence-corrected chi connectivity index (χ4v) is 2.92. The molecule has 1 heterocycles. The maximum absolute atomic E-state index is 10.3. The average molecular weight is 294 g/mol. The van der Waals surface area contributed by atoms with E-state index in [4.69, 9.17) is 4.74 Å². The van der Waals surface area contributed by atoms with Gasteiger partial charge in [-0.2, -0.15) is 0 Å². The molecular formula is C17H26O4. The van der Waals surface area contributed by atoms with Gasteiger partial charge in [0.2, 0.25) is 0 Å². The van der Waals surface area contributed by atoms with E-state index in [-0.39, 0.29) is 6.61 Å². The van der Waals surface area contributed by atoms with Gasteiger partial charge in [0.05, 0.1) is 12.2 Å². The Morgan fingerprint density at radius 3 is 2.52 bits per heavy atom. The summed E-state index contributed by atoms with van der Waals surface area (Å²) in [5.41, 5.74) is 1.32.